The van der Waals surface area contributed by atoms with Crippen LogP contribution in [0.15, 0.2) is 12.3 Å². The summed E-state index contributed by atoms with van der Waals surface area (Å²) in [6, 6.07) is 1.38. The first-order chi connectivity index (χ1) is 6.48. The maximum atomic E-state index is 12.2. The average Bonchev–Trinajstić information content (AvgIpc) is 2.48. The Morgan fingerprint density at radius 1 is 1.36 bits per heavy atom. The fraction of sp³-hybridized carbons (Fsp3) is 0.143. The van der Waals surface area contributed by atoms with Crippen LogP contribution in [-0.4, -0.2) is 15.0 Å². The molecule has 0 atom stereocenters. The van der Waals surface area contributed by atoms with Gasteiger partial charge >= 0.3 is 6.18 Å². The average molecular weight is 222 g/mol. The van der Waals surface area contributed by atoms with Crippen molar-refractivity contribution in [3.63, 3.8) is 0 Å². The van der Waals surface area contributed by atoms with Gasteiger partial charge in [-0.3, -0.25) is 0 Å². The van der Waals surface area contributed by atoms with Crippen molar-refractivity contribution in [1.82, 2.24) is 15.0 Å². The van der Waals surface area contributed by atoms with Crippen molar-refractivity contribution in [2.45, 2.75) is 6.18 Å². The summed E-state index contributed by atoms with van der Waals surface area (Å²) in [5.41, 5.74) is 0.249. The minimum atomic E-state index is -4.50. The standard InChI is InChI=1S/C7H3ClF3N3/c8-5-4-3(1-2-12-5)13-6(14-4)7(9,10)11/h1-2H,(H,13,14). The molecule has 0 aliphatic heterocycles. The Bertz CT molecular complexity index is 476. The molecule has 2 aromatic heterocycles. The molecule has 1 N–H and O–H groups in total. The van der Waals surface area contributed by atoms with E-state index in [0.717, 1.165) is 0 Å². The van der Waals surface area contributed by atoms with E-state index in [1.54, 1.807) is 0 Å². The van der Waals surface area contributed by atoms with Crippen molar-refractivity contribution in [1.29, 1.82) is 0 Å². The molecule has 3 nitrogen and oxygen atoms in total. The first-order valence-corrected chi connectivity index (χ1v) is 3.93. The molecule has 2 heterocycles. The number of hydrogen-bond acceptors (Lipinski definition) is 2. The van der Waals surface area contributed by atoms with Crippen molar-refractivity contribution in [2.24, 2.45) is 0 Å². The molecule has 0 amide bonds. The molecule has 0 radical (unpaired) electrons. The number of hydrogen-bond donors (Lipinski definition) is 1. The van der Waals surface area contributed by atoms with Gasteiger partial charge < -0.3 is 4.98 Å². The fourth-order valence-electron chi connectivity index (χ4n) is 1.04. The van der Waals surface area contributed by atoms with E-state index in [9.17, 15) is 13.2 Å². The van der Waals surface area contributed by atoms with E-state index in [0.29, 0.717) is 0 Å². The Morgan fingerprint density at radius 3 is 2.64 bits per heavy atom. The summed E-state index contributed by atoms with van der Waals surface area (Å²) in [5, 5.41) is -0.0470. The molecule has 7 heteroatoms. The quantitative estimate of drug-likeness (QED) is 0.695. The smallest absolute Gasteiger partial charge is 0.334 e. The maximum absolute atomic E-state index is 12.2. The van der Waals surface area contributed by atoms with E-state index in [4.69, 9.17) is 11.6 Å². The third kappa shape index (κ3) is 1.41. The van der Waals surface area contributed by atoms with Gasteiger partial charge in [-0.25, -0.2) is 9.97 Å². The zero-order chi connectivity index (χ0) is 10.3. The Hall–Kier alpha value is -1.30. The number of fused-ring (bicyclic) bond motifs is 1. The van der Waals surface area contributed by atoms with Crippen LogP contribution < -0.4 is 0 Å². The van der Waals surface area contributed by atoms with E-state index >= 15 is 0 Å². The molecule has 0 saturated carbocycles. The molecular formula is C7H3ClF3N3. The zero-order valence-electron chi connectivity index (χ0n) is 6.56. The number of nitrogens with one attached hydrogen (secondary N) is 1. The summed E-state index contributed by atoms with van der Waals surface area (Å²) in [7, 11) is 0. The first kappa shape index (κ1) is 9.26. The Morgan fingerprint density at radius 2 is 2.07 bits per heavy atom. The highest BCUT2D eigenvalue weighted by Crippen LogP contribution is 2.29. The molecule has 0 aliphatic rings. The van der Waals surface area contributed by atoms with Gasteiger partial charge in [0.2, 0.25) is 5.82 Å². The lowest BCUT2D eigenvalue weighted by molar-refractivity contribution is -0.144. The fourth-order valence-corrected chi connectivity index (χ4v) is 1.24. The number of H-pyrrole nitrogens is 1. The highest BCUT2D eigenvalue weighted by atomic mass is 35.5. The van der Waals surface area contributed by atoms with Crippen molar-refractivity contribution < 1.29 is 13.2 Å². The van der Waals surface area contributed by atoms with Crippen LogP contribution in [0.5, 0.6) is 0 Å². The van der Waals surface area contributed by atoms with Gasteiger partial charge in [0.15, 0.2) is 5.15 Å². The molecule has 14 heavy (non-hydrogen) atoms. The molecule has 0 aromatic carbocycles. The van der Waals surface area contributed by atoms with E-state index in [2.05, 4.69) is 15.0 Å². The molecule has 0 aliphatic carbocycles. The number of halogens is 4. The Balaban J connectivity index is 2.69. The number of aromatic nitrogens is 3. The molecule has 0 spiro atoms. The summed E-state index contributed by atoms with van der Waals surface area (Å²) in [6.07, 6.45) is -3.19. The SMILES string of the molecule is FC(F)(F)c1nc2c(Cl)nccc2[nH]1. The molecule has 2 aromatic rings. The third-order valence-corrected chi connectivity index (χ3v) is 1.90. The topological polar surface area (TPSA) is 41.6 Å². The predicted molar refractivity (Wildman–Crippen MR) is 43.9 cm³/mol. The van der Waals surface area contributed by atoms with Gasteiger partial charge in [0.05, 0.1) is 5.52 Å². The van der Waals surface area contributed by atoms with E-state index in [1.165, 1.54) is 12.3 Å². The minimum absolute atomic E-state index is 0.0292. The predicted octanol–water partition coefficient (Wildman–Crippen LogP) is 2.63. The monoisotopic (exact) mass is 221 g/mol. The Labute approximate surface area is 80.9 Å². The van der Waals surface area contributed by atoms with Crippen molar-refractivity contribution in [3.8, 4) is 0 Å². The molecule has 0 unspecified atom stereocenters. The van der Waals surface area contributed by atoms with Crippen LogP contribution in [0.4, 0.5) is 13.2 Å². The van der Waals surface area contributed by atoms with Crippen LogP contribution in [0.2, 0.25) is 5.15 Å². The highest BCUT2D eigenvalue weighted by Gasteiger charge is 2.35. The third-order valence-electron chi connectivity index (χ3n) is 1.62. The highest BCUT2D eigenvalue weighted by molar-refractivity contribution is 6.33. The Kier molecular flexibility index (Phi) is 1.88. The molecule has 2 rings (SSSR count). The maximum Gasteiger partial charge on any atom is 0.449 e. The van der Waals surface area contributed by atoms with Gasteiger partial charge in [-0.2, -0.15) is 13.2 Å². The lowest BCUT2D eigenvalue weighted by atomic mass is 10.4. The van der Waals surface area contributed by atoms with Crippen LogP contribution in [0.1, 0.15) is 5.82 Å². The molecule has 0 fully saturated rings. The number of rotatable bonds is 0. The summed E-state index contributed by atoms with van der Waals surface area (Å²) in [6.45, 7) is 0. The zero-order valence-corrected chi connectivity index (χ0v) is 7.32. The van der Waals surface area contributed by atoms with Crippen LogP contribution >= 0.6 is 11.6 Å². The lowest BCUT2D eigenvalue weighted by Gasteiger charge is -1.98. The molecule has 0 saturated heterocycles. The summed E-state index contributed by atoms with van der Waals surface area (Å²) in [5.74, 6) is -1.07. The summed E-state index contributed by atoms with van der Waals surface area (Å²) < 4.78 is 36.6. The summed E-state index contributed by atoms with van der Waals surface area (Å²) in [4.78, 5) is 9.04. The second-order valence-electron chi connectivity index (χ2n) is 2.58. The van der Waals surface area contributed by atoms with Gasteiger partial charge in [-0.1, -0.05) is 11.6 Å². The molecular weight excluding hydrogens is 219 g/mol. The second kappa shape index (κ2) is 2.84. The van der Waals surface area contributed by atoms with E-state index in [-0.39, 0.29) is 16.2 Å². The van der Waals surface area contributed by atoms with Crippen LogP contribution in [0.3, 0.4) is 0 Å². The normalized spacial score (nSPS) is 12.3. The summed E-state index contributed by atoms with van der Waals surface area (Å²) >= 11 is 5.56. The van der Waals surface area contributed by atoms with Crippen molar-refractivity contribution in [3.05, 3.63) is 23.2 Å². The number of aromatic amines is 1. The largest absolute Gasteiger partial charge is 0.449 e. The molecule has 74 valence electrons. The second-order valence-corrected chi connectivity index (χ2v) is 2.94. The lowest BCUT2D eigenvalue weighted by Crippen LogP contribution is -2.06. The number of nitrogens with zero attached hydrogens (tertiary/aromatic N) is 2. The van der Waals surface area contributed by atoms with Crippen LogP contribution in [-0.2, 0) is 6.18 Å². The van der Waals surface area contributed by atoms with E-state index < -0.39 is 12.0 Å². The van der Waals surface area contributed by atoms with Gasteiger partial charge in [-0.05, 0) is 6.07 Å². The van der Waals surface area contributed by atoms with Crippen LogP contribution in [0.25, 0.3) is 11.0 Å². The van der Waals surface area contributed by atoms with Gasteiger partial charge in [-0.15, -0.1) is 0 Å². The number of imidazole rings is 1. The van der Waals surface area contributed by atoms with Gasteiger partial charge in [0.1, 0.15) is 5.52 Å². The van der Waals surface area contributed by atoms with Crippen molar-refractivity contribution >= 4 is 22.6 Å². The van der Waals surface area contributed by atoms with Crippen molar-refractivity contribution in [2.75, 3.05) is 0 Å². The van der Waals surface area contributed by atoms with E-state index in [1.807, 2.05) is 0 Å². The minimum Gasteiger partial charge on any atom is -0.334 e. The van der Waals surface area contributed by atoms with Crippen LogP contribution in [0, 0.1) is 0 Å². The number of alkyl halides is 3. The molecule has 0 bridgehead atoms. The van der Waals surface area contributed by atoms with Gasteiger partial charge in [0, 0.05) is 6.20 Å². The number of pyridine rings is 1. The van der Waals surface area contributed by atoms with Gasteiger partial charge in [0.25, 0.3) is 0 Å². The first-order valence-electron chi connectivity index (χ1n) is 3.56.